The average Bonchev–Trinajstić information content (AvgIpc) is 3.65. The molecular weight excluding hydrogens is 883 g/mol. The van der Waals surface area contributed by atoms with Gasteiger partial charge < -0.3 is 71.1 Å². The summed E-state index contributed by atoms with van der Waals surface area (Å²) in [6, 6.07) is 0. The van der Waals surface area contributed by atoms with Gasteiger partial charge >= 0.3 is 29.4 Å². The number of aliphatic hydroxyl groups is 4. The number of phosphoric ester groups is 3. The number of carbonyl (C=O) groups is 4. The number of thiol groups is 1. The van der Waals surface area contributed by atoms with Crippen LogP contribution in [0.4, 0.5) is 17.3 Å². The smallest absolute Gasteiger partial charge is 0.479 e. The lowest BCUT2D eigenvalue weighted by Gasteiger charge is -2.30. The van der Waals surface area contributed by atoms with Crippen LogP contribution in [0.3, 0.4) is 0 Å². The van der Waals surface area contributed by atoms with E-state index < -0.39 is 109 Å². The monoisotopic (exact) mass is 931 g/mol. The second kappa shape index (κ2) is 21.7. The molecule has 1 fully saturated rings. The molecule has 32 heteroatoms. The van der Waals surface area contributed by atoms with E-state index in [1.54, 1.807) is 0 Å². The summed E-state index contributed by atoms with van der Waals surface area (Å²) in [4.78, 5) is 95.4. The quantitative estimate of drug-likeness (QED) is 0.0451. The SMILES string of the molecule is CC(O)C(=O)N1CN([C@@H]2O[C@H](COP(=O)(O)OP(=O)(O)OCC(C)(C)[C@@H](O)C(=O)NCCC(=O)NCCS)[C@@H](OP(=O)(O)O)[C@H]2O)c2ncnc(N)c21.CC(O)C(=O)O. The van der Waals surface area contributed by atoms with Crippen LogP contribution in [-0.2, 0) is 55.5 Å². The number of aliphatic carboxylic acids is 1. The largest absolute Gasteiger partial charge is 0.481 e. The number of aromatic nitrogens is 2. The van der Waals surface area contributed by atoms with Gasteiger partial charge in [-0.1, -0.05) is 13.8 Å². The number of rotatable bonds is 20. The number of ether oxygens (including phenoxy) is 1. The van der Waals surface area contributed by atoms with Gasteiger partial charge in [0.1, 0.15) is 55.3 Å². The molecule has 9 atom stereocenters. The van der Waals surface area contributed by atoms with Crippen LogP contribution in [0.15, 0.2) is 6.33 Å². The number of hydrogen-bond acceptors (Lipinski definition) is 21. The molecule has 2 aliphatic heterocycles. The van der Waals surface area contributed by atoms with Crippen LogP contribution in [-0.4, -0.2) is 160 Å². The molecule has 59 heavy (non-hydrogen) atoms. The van der Waals surface area contributed by atoms with E-state index in [1.807, 2.05) is 0 Å². The van der Waals surface area contributed by atoms with E-state index in [2.05, 4.69) is 42.1 Å². The summed E-state index contributed by atoms with van der Waals surface area (Å²) in [5.41, 5.74) is 4.20. The van der Waals surface area contributed by atoms with E-state index in [4.69, 9.17) is 29.7 Å². The highest BCUT2D eigenvalue weighted by atomic mass is 32.1. The first-order valence-electron chi connectivity index (χ1n) is 16.9. The minimum absolute atomic E-state index is 0.103. The average molecular weight is 932 g/mol. The van der Waals surface area contributed by atoms with E-state index in [9.17, 15) is 67.8 Å². The molecule has 2 aliphatic rings. The van der Waals surface area contributed by atoms with E-state index in [-0.39, 0.29) is 36.2 Å². The van der Waals surface area contributed by atoms with Gasteiger partial charge in [-0.3, -0.25) is 32.9 Å². The number of phosphoric acid groups is 3. The van der Waals surface area contributed by atoms with Gasteiger partial charge in [0.2, 0.25) is 11.8 Å². The number of aliphatic hydroxyl groups excluding tert-OH is 4. The third-order valence-corrected chi connectivity index (χ3v) is 11.1. The van der Waals surface area contributed by atoms with Crippen molar-refractivity contribution in [2.75, 3.05) is 54.3 Å². The summed E-state index contributed by atoms with van der Waals surface area (Å²) < 4.78 is 61.1. The second-order valence-electron chi connectivity index (χ2n) is 13.2. The minimum Gasteiger partial charge on any atom is -0.479 e. The molecule has 1 aromatic heterocycles. The first-order chi connectivity index (χ1) is 27.0. The van der Waals surface area contributed by atoms with Crippen LogP contribution in [0.25, 0.3) is 0 Å². The van der Waals surface area contributed by atoms with E-state index in [1.165, 1.54) is 20.8 Å². The number of nitrogens with one attached hydrogen (secondary N) is 2. The zero-order valence-corrected chi connectivity index (χ0v) is 35.2. The molecular formula is C27H48N7O21P3S. The molecule has 4 unspecified atom stereocenters. The number of anilines is 3. The fourth-order valence-corrected chi connectivity index (χ4v) is 7.80. The molecule has 3 rings (SSSR count). The summed E-state index contributed by atoms with van der Waals surface area (Å²) in [6.45, 7) is 2.40. The predicted octanol–water partition coefficient (Wildman–Crippen LogP) is -3.24. The third-order valence-electron chi connectivity index (χ3n) is 7.81. The Bertz CT molecular complexity index is 1790. The van der Waals surface area contributed by atoms with Gasteiger partial charge in [-0.05, 0) is 13.8 Å². The number of carboxylic acids is 1. The summed E-state index contributed by atoms with van der Waals surface area (Å²) in [7, 11) is -16.6. The van der Waals surface area contributed by atoms with Gasteiger partial charge in [0, 0.05) is 30.7 Å². The topological polar surface area (TPSA) is 430 Å². The number of nitrogens with zero attached hydrogens (tertiary/aromatic N) is 4. The standard InChI is InChI=1S/C24H42N7O18P3S.C3H6O3/c1-12(32)22(37)30-11-31(20-15(30)19(25)28-10-29-20)23-16(34)17(48-50(38,39)40)13(47-23)8-45-51(41,42)49-52(43,44)46-9-24(2,3)18(35)21(36)27-5-4-14(33)26-6-7-53;1-2(4)3(5)6/h10,12-13,16-18,23,32,34-35,53H,4-9,11H2,1-3H3,(H,26,33)(H,27,36)(H,41,42)(H,43,44)(H2,25,28,29)(H2,38,39,40);2,4H,1H3,(H,5,6)/t12?,13-,16-,17-,18+,23-;/m1./s1. The maximum Gasteiger partial charge on any atom is 0.481 e. The zero-order chi connectivity index (χ0) is 45.3. The highest BCUT2D eigenvalue weighted by Crippen LogP contribution is 2.61. The molecule has 28 nitrogen and oxygen atoms in total. The van der Waals surface area contributed by atoms with Gasteiger partial charge in [-0.25, -0.2) is 28.5 Å². The van der Waals surface area contributed by atoms with Crippen molar-refractivity contribution in [2.24, 2.45) is 5.41 Å². The summed E-state index contributed by atoms with van der Waals surface area (Å²) in [5.74, 6) is -3.36. The van der Waals surface area contributed by atoms with Crippen molar-refractivity contribution in [3.05, 3.63) is 6.33 Å². The Balaban J connectivity index is 0.00000185. The Morgan fingerprint density at radius 3 is 2.15 bits per heavy atom. The third kappa shape index (κ3) is 15.8. The highest BCUT2D eigenvalue weighted by molar-refractivity contribution is 7.80. The number of nitrogen functional groups attached to an aromatic ring is 1. The normalized spacial score (nSPS) is 22.8. The second-order valence-corrected chi connectivity index (χ2v) is 17.9. The molecule has 1 aromatic rings. The molecule has 1 saturated heterocycles. The molecule has 338 valence electrons. The number of hydrogen-bond donors (Lipinski definition) is 13. The summed E-state index contributed by atoms with van der Waals surface area (Å²) in [6.07, 6.45) is -11.3. The van der Waals surface area contributed by atoms with Crippen molar-refractivity contribution in [1.29, 1.82) is 0 Å². The van der Waals surface area contributed by atoms with Crippen LogP contribution in [0.5, 0.6) is 0 Å². The number of carbonyl (C=O) groups excluding carboxylic acids is 3. The van der Waals surface area contributed by atoms with Crippen molar-refractivity contribution in [3.63, 3.8) is 0 Å². The first-order valence-corrected chi connectivity index (χ1v) is 22.0. The Kier molecular flexibility index (Phi) is 19.2. The van der Waals surface area contributed by atoms with Gasteiger partial charge in [-0.15, -0.1) is 0 Å². The number of carboxylic acid groups (broad SMARTS) is 1. The number of amides is 3. The van der Waals surface area contributed by atoms with E-state index in [0.717, 1.165) is 23.1 Å². The molecule has 3 amide bonds. The Morgan fingerprint density at radius 1 is 1.02 bits per heavy atom. The van der Waals surface area contributed by atoms with Gasteiger partial charge in [0.15, 0.2) is 17.9 Å². The molecule has 0 bridgehead atoms. The molecule has 3 heterocycles. The lowest BCUT2D eigenvalue weighted by molar-refractivity contribution is -0.145. The maximum atomic E-state index is 12.7. The molecule has 13 N–H and O–H groups in total. The Labute approximate surface area is 340 Å². The van der Waals surface area contributed by atoms with Crippen LogP contribution < -0.4 is 26.2 Å². The van der Waals surface area contributed by atoms with Gasteiger partial charge in [0.25, 0.3) is 5.91 Å². The molecule has 0 saturated carbocycles. The summed E-state index contributed by atoms with van der Waals surface area (Å²) in [5, 5.41) is 52.0. The van der Waals surface area contributed by atoms with Crippen molar-refractivity contribution in [1.82, 2.24) is 20.6 Å². The van der Waals surface area contributed by atoms with E-state index in [0.29, 0.717) is 12.3 Å². The molecule has 0 aromatic carbocycles. The maximum absolute atomic E-state index is 12.7. The van der Waals surface area contributed by atoms with Crippen LogP contribution in [0.2, 0.25) is 0 Å². The van der Waals surface area contributed by atoms with Crippen LogP contribution in [0, 0.1) is 5.41 Å². The van der Waals surface area contributed by atoms with Crippen molar-refractivity contribution >= 4 is 77.1 Å². The Morgan fingerprint density at radius 2 is 1.61 bits per heavy atom. The minimum atomic E-state index is -5.63. The number of nitrogens with two attached hydrogens (primary N) is 1. The number of fused-ring (bicyclic) bond motifs is 1. The van der Waals surface area contributed by atoms with Gasteiger partial charge in [-0.2, -0.15) is 16.9 Å². The molecule has 0 radical (unpaired) electrons. The Hall–Kier alpha value is -2.92. The fraction of sp³-hybridized carbons (Fsp3) is 0.704. The lowest BCUT2D eigenvalue weighted by atomic mass is 9.87. The van der Waals surface area contributed by atoms with Crippen molar-refractivity contribution < 1.29 is 101 Å². The van der Waals surface area contributed by atoms with Crippen LogP contribution >= 0.6 is 36.1 Å². The predicted molar refractivity (Wildman–Crippen MR) is 201 cm³/mol. The highest BCUT2D eigenvalue weighted by Gasteiger charge is 2.53. The first kappa shape index (κ1) is 52.2. The van der Waals surface area contributed by atoms with Crippen LogP contribution in [0.1, 0.15) is 34.1 Å². The molecule has 0 spiro atoms. The van der Waals surface area contributed by atoms with Crippen molar-refractivity contribution in [2.45, 2.75) is 77.0 Å². The van der Waals surface area contributed by atoms with Crippen molar-refractivity contribution in [3.8, 4) is 0 Å². The van der Waals surface area contributed by atoms with E-state index >= 15 is 0 Å². The zero-order valence-electron chi connectivity index (χ0n) is 31.6. The summed E-state index contributed by atoms with van der Waals surface area (Å²) >= 11 is 3.95. The lowest BCUT2D eigenvalue weighted by Crippen LogP contribution is -2.48. The fourth-order valence-electron chi connectivity index (χ4n) is 4.85. The van der Waals surface area contributed by atoms with Gasteiger partial charge in [0.05, 0.1) is 13.2 Å². The molecule has 0 aliphatic carbocycles.